The largest absolute Gasteiger partial charge is 0.436 e. The van der Waals surface area contributed by atoms with Crippen molar-refractivity contribution in [2.75, 3.05) is 0 Å². The number of alkyl halides is 3. The maximum Gasteiger partial charge on any atom is 0.436 e. The lowest BCUT2D eigenvalue weighted by atomic mass is 9.94. The first kappa shape index (κ1) is 19.8. The van der Waals surface area contributed by atoms with Crippen LogP contribution in [0.2, 0.25) is 5.02 Å². The lowest BCUT2D eigenvalue weighted by Crippen LogP contribution is -2.20. The van der Waals surface area contributed by atoms with Gasteiger partial charge in [0.2, 0.25) is 0 Å². The summed E-state index contributed by atoms with van der Waals surface area (Å²) in [5.74, 6) is -1.55. The average Bonchev–Trinajstić information content (AvgIpc) is 3.03. The molecule has 0 aliphatic heterocycles. The topological polar surface area (TPSA) is 86.7 Å². The molecule has 0 aliphatic rings. The number of hydrogen-bond acceptors (Lipinski definition) is 4. The summed E-state index contributed by atoms with van der Waals surface area (Å²) in [6.07, 6.45) is -2.06. The predicted octanol–water partition coefficient (Wildman–Crippen LogP) is 3.78. The molecule has 1 atom stereocenters. The van der Waals surface area contributed by atoms with Crippen molar-refractivity contribution in [3.8, 4) is 5.95 Å². The van der Waals surface area contributed by atoms with Crippen molar-refractivity contribution in [1.82, 2.24) is 19.7 Å². The monoisotopic (exact) mass is 409 g/mol. The van der Waals surface area contributed by atoms with Crippen molar-refractivity contribution in [3.63, 3.8) is 0 Å². The average molecular weight is 410 g/mol. The molecular weight excluding hydrogens is 395 g/mol. The minimum atomic E-state index is -4.86. The second-order valence-corrected chi connectivity index (χ2v) is 6.59. The quantitative estimate of drug-likeness (QED) is 0.694. The predicted molar refractivity (Wildman–Crippen MR) is 96.2 cm³/mol. The molecule has 6 nitrogen and oxygen atoms in total. The Morgan fingerprint density at radius 1 is 1.21 bits per heavy atom. The van der Waals surface area contributed by atoms with Crippen molar-refractivity contribution in [3.05, 3.63) is 70.3 Å². The van der Waals surface area contributed by atoms with Gasteiger partial charge in [0.05, 0.1) is 11.3 Å². The number of amides is 1. The molecule has 0 fully saturated rings. The molecule has 0 spiro atoms. The zero-order valence-corrected chi connectivity index (χ0v) is 15.4. The second-order valence-electron chi connectivity index (χ2n) is 6.15. The standard InChI is InChI=1S/C18H15ClF3N5O/c1-10(11-3-5-12(19)6-4-11)9-13-14(16(23)28)15(18(20,21)22)26-27(13)17-24-7-2-8-25-17/h2-8,10H,9H2,1H3,(H2,23,28). The van der Waals surface area contributed by atoms with Crippen LogP contribution in [0.3, 0.4) is 0 Å². The van der Waals surface area contributed by atoms with Gasteiger partial charge in [-0.1, -0.05) is 30.7 Å². The van der Waals surface area contributed by atoms with Crippen LogP contribution >= 0.6 is 11.6 Å². The summed E-state index contributed by atoms with van der Waals surface area (Å²) in [7, 11) is 0. The first-order chi connectivity index (χ1) is 13.2. The normalized spacial score (nSPS) is 12.8. The third-order valence-corrected chi connectivity index (χ3v) is 4.43. The molecule has 2 N–H and O–H groups in total. The number of nitrogens with two attached hydrogens (primary N) is 1. The Bertz CT molecular complexity index is 987. The summed E-state index contributed by atoms with van der Waals surface area (Å²) in [6, 6.07) is 8.41. The van der Waals surface area contributed by atoms with Crippen molar-refractivity contribution in [2.45, 2.75) is 25.4 Å². The van der Waals surface area contributed by atoms with Crippen LogP contribution in [0.5, 0.6) is 0 Å². The van der Waals surface area contributed by atoms with Crippen molar-refractivity contribution in [2.24, 2.45) is 5.73 Å². The SMILES string of the molecule is CC(Cc1c(C(N)=O)c(C(F)(F)F)nn1-c1ncccn1)c1ccc(Cl)cc1. The van der Waals surface area contributed by atoms with E-state index in [0.29, 0.717) is 5.02 Å². The zero-order chi connectivity index (χ0) is 20.5. The fourth-order valence-corrected chi connectivity index (χ4v) is 2.99. The Labute approximate surface area is 163 Å². The lowest BCUT2D eigenvalue weighted by Gasteiger charge is -2.14. The van der Waals surface area contributed by atoms with E-state index in [1.54, 1.807) is 24.3 Å². The van der Waals surface area contributed by atoms with E-state index in [0.717, 1.165) is 10.2 Å². The van der Waals surface area contributed by atoms with E-state index < -0.39 is 23.3 Å². The number of rotatable bonds is 5. The molecule has 28 heavy (non-hydrogen) atoms. The van der Waals surface area contributed by atoms with Gasteiger partial charge in [-0.15, -0.1) is 0 Å². The Balaban J connectivity index is 2.15. The molecule has 2 heterocycles. The minimum Gasteiger partial charge on any atom is -0.365 e. The number of carbonyl (C=O) groups excluding carboxylic acids is 1. The maximum atomic E-state index is 13.5. The molecule has 10 heteroatoms. The third kappa shape index (κ3) is 3.99. The van der Waals surface area contributed by atoms with E-state index >= 15 is 0 Å². The summed E-state index contributed by atoms with van der Waals surface area (Å²) in [6.45, 7) is 1.81. The van der Waals surface area contributed by atoms with Crippen LogP contribution in [-0.4, -0.2) is 25.7 Å². The van der Waals surface area contributed by atoms with Gasteiger partial charge in [0, 0.05) is 17.4 Å². The third-order valence-electron chi connectivity index (χ3n) is 4.18. The molecule has 0 aliphatic carbocycles. The van der Waals surface area contributed by atoms with Gasteiger partial charge in [-0.25, -0.2) is 14.6 Å². The maximum absolute atomic E-state index is 13.5. The van der Waals surface area contributed by atoms with Crippen LogP contribution in [-0.2, 0) is 12.6 Å². The van der Waals surface area contributed by atoms with E-state index in [-0.39, 0.29) is 24.0 Å². The molecule has 146 valence electrons. The first-order valence-corrected chi connectivity index (χ1v) is 8.58. The lowest BCUT2D eigenvalue weighted by molar-refractivity contribution is -0.141. The molecule has 0 radical (unpaired) electrons. The van der Waals surface area contributed by atoms with Gasteiger partial charge < -0.3 is 5.73 Å². The zero-order valence-electron chi connectivity index (χ0n) is 14.6. The van der Waals surface area contributed by atoms with Crippen LogP contribution in [0.4, 0.5) is 13.2 Å². The summed E-state index contributed by atoms with van der Waals surface area (Å²) < 4.78 is 41.4. The fourth-order valence-electron chi connectivity index (χ4n) is 2.86. The van der Waals surface area contributed by atoms with Crippen molar-refractivity contribution in [1.29, 1.82) is 0 Å². The number of hydrogen-bond donors (Lipinski definition) is 1. The van der Waals surface area contributed by atoms with Gasteiger partial charge in [-0.3, -0.25) is 4.79 Å². The van der Waals surface area contributed by atoms with Gasteiger partial charge in [0.1, 0.15) is 0 Å². The molecule has 0 bridgehead atoms. The fraction of sp³-hybridized carbons (Fsp3) is 0.222. The molecule has 3 rings (SSSR count). The Morgan fingerprint density at radius 3 is 2.36 bits per heavy atom. The van der Waals surface area contributed by atoms with E-state index in [2.05, 4.69) is 15.1 Å². The van der Waals surface area contributed by atoms with E-state index in [9.17, 15) is 18.0 Å². The number of aromatic nitrogens is 4. The van der Waals surface area contributed by atoms with Crippen molar-refractivity contribution >= 4 is 17.5 Å². The summed E-state index contributed by atoms with van der Waals surface area (Å²) in [5, 5.41) is 4.12. The highest BCUT2D eigenvalue weighted by Gasteiger charge is 2.41. The van der Waals surface area contributed by atoms with Crippen LogP contribution < -0.4 is 5.73 Å². The van der Waals surface area contributed by atoms with Gasteiger partial charge >= 0.3 is 6.18 Å². The minimum absolute atomic E-state index is 0.00604. The smallest absolute Gasteiger partial charge is 0.365 e. The van der Waals surface area contributed by atoms with Crippen LogP contribution in [0.25, 0.3) is 5.95 Å². The number of carbonyl (C=O) groups is 1. The molecule has 3 aromatic rings. The van der Waals surface area contributed by atoms with Gasteiger partial charge in [-0.2, -0.15) is 18.3 Å². The Hall–Kier alpha value is -2.94. The van der Waals surface area contributed by atoms with E-state index in [1.807, 2.05) is 6.92 Å². The number of halogens is 4. The van der Waals surface area contributed by atoms with E-state index in [4.69, 9.17) is 17.3 Å². The van der Waals surface area contributed by atoms with Crippen LogP contribution in [0.15, 0.2) is 42.7 Å². The molecule has 2 aromatic heterocycles. The molecule has 1 unspecified atom stereocenters. The number of benzene rings is 1. The number of primary amides is 1. The summed E-state index contributed by atoms with van der Waals surface area (Å²) in [4.78, 5) is 19.8. The molecular formula is C18H15ClF3N5O. The second kappa shape index (κ2) is 7.59. The highest BCUT2D eigenvalue weighted by molar-refractivity contribution is 6.30. The van der Waals surface area contributed by atoms with E-state index in [1.165, 1.54) is 18.5 Å². The highest BCUT2D eigenvalue weighted by atomic mass is 35.5. The Kier molecular flexibility index (Phi) is 5.37. The van der Waals surface area contributed by atoms with Gasteiger partial charge in [-0.05, 0) is 36.1 Å². The molecule has 1 aromatic carbocycles. The molecule has 0 saturated heterocycles. The highest BCUT2D eigenvalue weighted by Crippen LogP contribution is 2.35. The van der Waals surface area contributed by atoms with Gasteiger partial charge in [0.15, 0.2) is 5.69 Å². The van der Waals surface area contributed by atoms with Crippen LogP contribution in [0, 0.1) is 0 Å². The Morgan fingerprint density at radius 2 is 1.82 bits per heavy atom. The van der Waals surface area contributed by atoms with Gasteiger partial charge in [0.25, 0.3) is 11.9 Å². The van der Waals surface area contributed by atoms with Crippen LogP contribution in [0.1, 0.15) is 40.2 Å². The van der Waals surface area contributed by atoms with Crippen molar-refractivity contribution < 1.29 is 18.0 Å². The molecule has 0 saturated carbocycles. The summed E-state index contributed by atoms with van der Waals surface area (Å²) in [5.41, 5.74) is 4.07. The number of nitrogens with zero attached hydrogens (tertiary/aromatic N) is 4. The summed E-state index contributed by atoms with van der Waals surface area (Å²) >= 11 is 5.89. The molecule has 1 amide bonds. The first-order valence-electron chi connectivity index (χ1n) is 8.20.